The van der Waals surface area contributed by atoms with E-state index in [1.807, 2.05) is 57.2 Å². The molecule has 7 heteroatoms. The molecule has 0 saturated heterocycles. The number of rotatable bonds is 7. The van der Waals surface area contributed by atoms with Crippen molar-refractivity contribution < 1.29 is 14.1 Å². The van der Waals surface area contributed by atoms with E-state index < -0.39 is 6.10 Å². The molecule has 3 aromatic rings. The summed E-state index contributed by atoms with van der Waals surface area (Å²) >= 11 is 5.91. The average Bonchev–Trinajstić information content (AvgIpc) is 3.11. The van der Waals surface area contributed by atoms with Crippen molar-refractivity contribution in [2.24, 2.45) is 0 Å². The van der Waals surface area contributed by atoms with Crippen LogP contribution in [0.25, 0.3) is 11.4 Å². The van der Waals surface area contributed by atoms with Gasteiger partial charge in [-0.15, -0.1) is 0 Å². The predicted molar refractivity (Wildman–Crippen MR) is 107 cm³/mol. The highest BCUT2D eigenvalue weighted by Gasteiger charge is 2.25. The lowest BCUT2D eigenvalue weighted by Crippen LogP contribution is -2.43. The van der Waals surface area contributed by atoms with Gasteiger partial charge in [-0.2, -0.15) is 4.98 Å². The van der Waals surface area contributed by atoms with Crippen LogP contribution in [0.2, 0.25) is 5.02 Å². The Morgan fingerprint density at radius 1 is 1.14 bits per heavy atom. The van der Waals surface area contributed by atoms with Crippen molar-refractivity contribution >= 4 is 17.5 Å². The number of carbonyl (C=O) groups excluding carboxylic acids is 1. The smallest absolute Gasteiger partial charge is 0.261 e. The maximum atomic E-state index is 12.6. The molecule has 1 aromatic heterocycles. The first-order valence-corrected chi connectivity index (χ1v) is 9.41. The number of amides is 1. The Balaban J connectivity index is 1.77. The van der Waals surface area contributed by atoms with Crippen molar-refractivity contribution in [3.8, 4) is 17.1 Å². The Morgan fingerprint density at radius 3 is 2.46 bits per heavy atom. The molecule has 0 spiro atoms. The number of halogens is 1. The van der Waals surface area contributed by atoms with Gasteiger partial charge in [0.25, 0.3) is 5.91 Å². The van der Waals surface area contributed by atoms with Gasteiger partial charge in [-0.25, -0.2) is 0 Å². The summed E-state index contributed by atoms with van der Waals surface area (Å²) in [6.07, 6.45) is -0.629. The number of aryl methyl sites for hydroxylation is 1. The van der Waals surface area contributed by atoms with E-state index in [1.165, 1.54) is 0 Å². The second-order valence-electron chi connectivity index (χ2n) is 6.81. The van der Waals surface area contributed by atoms with E-state index in [0.717, 1.165) is 11.1 Å². The first-order valence-electron chi connectivity index (χ1n) is 9.03. The molecular formula is C21H22ClN3O3. The molecule has 0 bridgehead atoms. The second kappa shape index (κ2) is 8.89. The minimum atomic E-state index is -0.788. The Morgan fingerprint density at radius 2 is 1.82 bits per heavy atom. The highest BCUT2D eigenvalue weighted by molar-refractivity contribution is 6.30. The summed E-state index contributed by atoms with van der Waals surface area (Å²) in [5, 5.41) is 7.49. The van der Waals surface area contributed by atoms with Crippen LogP contribution in [0.15, 0.2) is 53.1 Å². The molecule has 3 rings (SSSR count). The fourth-order valence-electron chi connectivity index (χ4n) is 2.56. The first kappa shape index (κ1) is 19.9. The maximum Gasteiger partial charge on any atom is 0.261 e. The largest absolute Gasteiger partial charge is 0.480 e. The molecule has 0 aliphatic rings. The number of carbonyl (C=O) groups is 1. The van der Waals surface area contributed by atoms with E-state index >= 15 is 0 Å². The van der Waals surface area contributed by atoms with E-state index in [1.54, 1.807) is 12.1 Å². The Bertz CT molecular complexity index is 921. The highest BCUT2D eigenvalue weighted by Crippen LogP contribution is 2.20. The minimum Gasteiger partial charge on any atom is -0.480 e. The van der Waals surface area contributed by atoms with Gasteiger partial charge in [0.15, 0.2) is 6.10 Å². The van der Waals surface area contributed by atoms with Crippen LogP contribution in [0.4, 0.5) is 0 Å². The number of nitrogens with one attached hydrogen (secondary N) is 1. The zero-order valence-electron chi connectivity index (χ0n) is 16.0. The van der Waals surface area contributed by atoms with Gasteiger partial charge < -0.3 is 14.6 Å². The van der Waals surface area contributed by atoms with Crippen LogP contribution in [0.5, 0.6) is 5.75 Å². The lowest BCUT2D eigenvalue weighted by atomic mass is 10.2. The van der Waals surface area contributed by atoms with Gasteiger partial charge in [-0.05, 0) is 57.2 Å². The monoisotopic (exact) mass is 399 g/mol. The number of benzene rings is 2. The summed E-state index contributed by atoms with van der Waals surface area (Å²) in [6, 6.07) is 14.6. The maximum absolute atomic E-state index is 12.6. The van der Waals surface area contributed by atoms with Crippen molar-refractivity contribution in [2.45, 2.75) is 39.3 Å². The number of hydrogen-bond acceptors (Lipinski definition) is 5. The van der Waals surface area contributed by atoms with Crippen LogP contribution in [0.1, 0.15) is 25.3 Å². The van der Waals surface area contributed by atoms with Crippen molar-refractivity contribution in [2.75, 3.05) is 0 Å². The quantitative estimate of drug-likeness (QED) is 0.643. The van der Waals surface area contributed by atoms with Crippen molar-refractivity contribution in [3.63, 3.8) is 0 Å². The zero-order valence-corrected chi connectivity index (χ0v) is 16.7. The Hall–Kier alpha value is -2.86. The van der Waals surface area contributed by atoms with Crippen LogP contribution < -0.4 is 10.1 Å². The molecule has 6 nitrogen and oxygen atoms in total. The van der Waals surface area contributed by atoms with E-state index in [4.69, 9.17) is 20.9 Å². The van der Waals surface area contributed by atoms with Crippen LogP contribution >= 0.6 is 11.6 Å². The van der Waals surface area contributed by atoms with Gasteiger partial charge in [-0.1, -0.05) is 34.5 Å². The van der Waals surface area contributed by atoms with Gasteiger partial charge in [-0.3, -0.25) is 4.79 Å². The molecule has 28 heavy (non-hydrogen) atoms. The van der Waals surface area contributed by atoms with Crippen molar-refractivity contribution in [1.82, 2.24) is 15.5 Å². The molecule has 1 amide bonds. The second-order valence-corrected chi connectivity index (χ2v) is 7.24. The zero-order chi connectivity index (χ0) is 20.1. The van der Waals surface area contributed by atoms with Gasteiger partial charge in [0, 0.05) is 16.6 Å². The van der Waals surface area contributed by atoms with Crippen molar-refractivity contribution in [3.05, 3.63) is 65.0 Å². The molecule has 146 valence electrons. The third kappa shape index (κ3) is 5.33. The summed E-state index contributed by atoms with van der Waals surface area (Å²) in [6.45, 7) is 5.78. The Labute approximate surface area is 168 Å². The van der Waals surface area contributed by atoms with E-state index in [0.29, 0.717) is 22.5 Å². The molecule has 0 fully saturated rings. The molecule has 1 heterocycles. The summed E-state index contributed by atoms with van der Waals surface area (Å²) in [5.41, 5.74) is 1.89. The standard InChI is InChI=1S/C21H22ClN3O3/c1-13(2)23-21(26)18(27-17-10-4-14(3)5-11-17)12-19-24-20(25-28-19)15-6-8-16(22)9-7-15/h4-11,13,18H,12H2,1-3H3,(H,23,26). The lowest BCUT2D eigenvalue weighted by molar-refractivity contribution is -0.128. The van der Waals surface area contributed by atoms with E-state index in [2.05, 4.69) is 15.5 Å². The van der Waals surface area contributed by atoms with Crippen LogP contribution in [-0.4, -0.2) is 28.2 Å². The minimum absolute atomic E-state index is 0.0102. The fourth-order valence-corrected chi connectivity index (χ4v) is 2.69. The molecule has 0 radical (unpaired) electrons. The summed E-state index contributed by atoms with van der Waals surface area (Å²) < 4.78 is 11.2. The summed E-state index contributed by atoms with van der Waals surface area (Å²) in [4.78, 5) is 17.0. The summed E-state index contributed by atoms with van der Waals surface area (Å²) in [5.74, 6) is 1.12. The average molecular weight is 400 g/mol. The number of aromatic nitrogens is 2. The number of hydrogen-bond donors (Lipinski definition) is 1. The van der Waals surface area contributed by atoms with Crippen molar-refractivity contribution in [1.29, 1.82) is 0 Å². The summed E-state index contributed by atoms with van der Waals surface area (Å²) in [7, 11) is 0. The molecule has 1 unspecified atom stereocenters. The predicted octanol–water partition coefficient (Wildman–Crippen LogP) is 4.21. The van der Waals surface area contributed by atoms with Gasteiger partial charge in [0.1, 0.15) is 5.75 Å². The first-order chi connectivity index (χ1) is 13.4. The third-order valence-electron chi connectivity index (χ3n) is 3.95. The molecule has 1 atom stereocenters. The van der Waals surface area contributed by atoms with Gasteiger partial charge in [0.2, 0.25) is 11.7 Å². The third-order valence-corrected chi connectivity index (χ3v) is 4.21. The SMILES string of the molecule is Cc1ccc(OC(Cc2nc(-c3ccc(Cl)cc3)no2)C(=O)NC(C)C)cc1. The molecule has 0 aliphatic heterocycles. The normalized spacial score (nSPS) is 12.0. The van der Waals surface area contributed by atoms with Crippen LogP contribution in [0.3, 0.4) is 0 Å². The van der Waals surface area contributed by atoms with E-state index in [9.17, 15) is 4.79 Å². The van der Waals surface area contributed by atoms with Gasteiger partial charge in [0.05, 0.1) is 6.42 Å². The topological polar surface area (TPSA) is 77.2 Å². The molecule has 2 aromatic carbocycles. The molecule has 0 aliphatic carbocycles. The molecule has 0 saturated carbocycles. The molecular weight excluding hydrogens is 378 g/mol. The van der Waals surface area contributed by atoms with Gasteiger partial charge >= 0.3 is 0 Å². The van der Waals surface area contributed by atoms with Crippen LogP contribution in [0, 0.1) is 6.92 Å². The highest BCUT2D eigenvalue weighted by atomic mass is 35.5. The number of ether oxygens (including phenoxy) is 1. The lowest BCUT2D eigenvalue weighted by Gasteiger charge is -2.19. The van der Waals surface area contributed by atoms with Crippen LogP contribution in [-0.2, 0) is 11.2 Å². The molecule has 1 N–H and O–H groups in total. The Kier molecular flexibility index (Phi) is 6.31. The number of nitrogens with zero attached hydrogens (tertiary/aromatic N) is 2. The van der Waals surface area contributed by atoms with E-state index in [-0.39, 0.29) is 18.4 Å². The fraction of sp³-hybridized carbons (Fsp3) is 0.286.